The van der Waals surface area contributed by atoms with E-state index in [1.54, 1.807) is 0 Å². The molecule has 0 aromatic heterocycles. The maximum atomic E-state index is 11.4. The number of benzene rings is 1. The summed E-state index contributed by atoms with van der Waals surface area (Å²) in [6.07, 6.45) is 2.52. The second-order valence-electron chi connectivity index (χ2n) is 3.65. The van der Waals surface area contributed by atoms with Crippen LogP contribution in [0.3, 0.4) is 0 Å². The van der Waals surface area contributed by atoms with E-state index in [0.717, 1.165) is 12.8 Å². The number of carbonyl (C=O) groups is 1. The van der Waals surface area contributed by atoms with Crippen molar-refractivity contribution in [3.05, 3.63) is 30.3 Å². The van der Waals surface area contributed by atoms with Gasteiger partial charge in [0.15, 0.2) is 0 Å². The molecular weight excluding hydrogens is 204 g/mol. The molecule has 82 valence electrons. The van der Waals surface area contributed by atoms with Gasteiger partial charge in [-0.1, -0.05) is 43.7 Å². The second-order valence-corrected chi connectivity index (χ2v) is 5.83. The van der Waals surface area contributed by atoms with E-state index >= 15 is 0 Å². The molecule has 3 heteroatoms. The maximum Gasteiger partial charge on any atom is 0.292 e. The smallest absolute Gasteiger partial charge is 0.292 e. The molecule has 1 aromatic carbocycles. The summed E-state index contributed by atoms with van der Waals surface area (Å²) >= 11 is 0. The lowest BCUT2D eigenvalue weighted by Crippen LogP contribution is -2.32. The van der Waals surface area contributed by atoms with Gasteiger partial charge < -0.3 is 4.43 Å². The third kappa shape index (κ3) is 4.30. The fourth-order valence-electron chi connectivity index (χ4n) is 1.37. The molecule has 15 heavy (non-hydrogen) atoms. The molecule has 1 aromatic rings. The van der Waals surface area contributed by atoms with Crippen LogP contribution in [-0.4, -0.2) is 15.0 Å². The molecule has 0 aliphatic carbocycles. The molecule has 0 saturated heterocycles. The molecule has 0 aliphatic rings. The minimum Gasteiger partial charge on any atom is -0.518 e. The van der Waals surface area contributed by atoms with Crippen LogP contribution in [0.25, 0.3) is 0 Å². The average Bonchev–Trinajstić information content (AvgIpc) is 2.27. The van der Waals surface area contributed by atoms with E-state index in [-0.39, 0.29) is 5.97 Å². The van der Waals surface area contributed by atoms with E-state index in [4.69, 9.17) is 4.43 Å². The van der Waals surface area contributed by atoms with Crippen LogP contribution >= 0.6 is 0 Å². The molecule has 2 nitrogen and oxygen atoms in total. The van der Waals surface area contributed by atoms with Gasteiger partial charge in [-0.3, -0.25) is 4.79 Å². The van der Waals surface area contributed by atoms with Crippen molar-refractivity contribution in [2.24, 2.45) is 0 Å². The van der Waals surface area contributed by atoms with E-state index in [1.807, 2.05) is 36.9 Å². The standard InChI is InChI=1S/C12H18O2Si/c1-3-4-10-12(13)14-15(2)11-8-6-5-7-9-11/h5-9,15H,3-4,10H2,1-2H3. The summed E-state index contributed by atoms with van der Waals surface area (Å²) in [7, 11) is -1.51. The highest BCUT2D eigenvalue weighted by Crippen LogP contribution is 1.99. The monoisotopic (exact) mass is 222 g/mol. The number of hydrogen-bond acceptors (Lipinski definition) is 2. The van der Waals surface area contributed by atoms with E-state index < -0.39 is 9.04 Å². The van der Waals surface area contributed by atoms with Crippen LogP contribution in [-0.2, 0) is 9.22 Å². The van der Waals surface area contributed by atoms with Gasteiger partial charge in [-0.25, -0.2) is 0 Å². The van der Waals surface area contributed by atoms with Crippen LogP contribution in [0.5, 0.6) is 0 Å². The first-order valence-electron chi connectivity index (χ1n) is 5.48. The molecule has 1 atom stereocenters. The Labute approximate surface area is 93.0 Å². The molecule has 1 unspecified atom stereocenters. The molecule has 0 aliphatic heterocycles. The van der Waals surface area contributed by atoms with E-state index in [0.29, 0.717) is 6.42 Å². The largest absolute Gasteiger partial charge is 0.518 e. The summed E-state index contributed by atoms with van der Waals surface area (Å²) in [6, 6.07) is 10.0. The Kier molecular flexibility index (Phi) is 5.11. The third-order valence-corrected chi connectivity index (χ3v) is 4.25. The van der Waals surface area contributed by atoms with Crippen molar-refractivity contribution in [3.8, 4) is 0 Å². The van der Waals surface area contributed by atoms with Gasteiger partial charge in [-0.2, -0.15) is 0 Å². The van der Waals surface area contributed by atoms with Crippen LogP contribution in [0.2, 0.25) is 6.55 Å². The zero-order valence-corrected chi connectivity index (χ0v) is 10.6. The Morgan fingerprint density at radius 1 is 1.33 bits per heavy atom. The van der Waals surface area contributed by atoms with E-state index in [2.05, 4.69) is 6.92 Å². The molecule has 0 fully saturated rings. The highest BCUT2D eigenvalue weighted by Gasteiger charge is 2.12. The summed E-state index contributed by atoms with van der Waals surface area (Å²) in [6.45, 7) is 4.12. The quantitative estimate of drug-likeness (QED) is 0.712. The molecular formula is C12H18O2Si. The van der Waals surface area contributed by atoms with Gasteiger partial charge in [-0.15, -0.1) is 0 Å². The van der Waals surface area contributed by atoms with Gasteiger partial charge in [0.1, 0.15) is 0 Å². The summed E-state index contributed by atoms with van der Waals surface area (Å²) in [5.74, 6) is -0.0418. The Morgan fingerprint density at radius 3 is 2.60 bits per heavy atom. The van der Waals surface area contributed by atoms with Crippen molar-refractivity contribution in [1.82, 2.24) is 0 Å². The predicted octanol–water partition coefficient (Wildman–Crippen LogP) is 1.98. The lowest BCUT2D eigenvalue weighted by Gasteiger charge is -2.11. The lowest BCUT2D eigenvalue weighted by molar-refractivity contribution is -0.134. The molecule has 0 heterocycles. The van der Waals surface area contributed by atoms with Gasteiger partial charge in [0.25, 0.3) is 15.0 Å². The SMILES string of the molecule is CCCCC(=O)O[SiH](C)c1ccccc1. The van der Waals surface area contributed by atoms with Gasteiger partial charge in [0, 0.05) is 6.42 Å². The van der Waals surface area contributed by atoms with Crippen LogP contribution in [0.1, 0.15) is 26.2 Å². The molecule has 0 bridgehead atoms. The van der Waals surface area contributed by atoms with Crippen LogP contribution in [0, 0.1) is 0 Å². The highest BCUT2D eigenvalue weighted by atomic mass is 28.3. The number of unbranched alkanes of at least 4 members (excludes halogenated alkanes) is 1. The first-order valence-corrected chi connectivity index (χ1v) is 7.68. The Balaban J connectivity index is 2.42. The first-order chi connectivity index (χ1) is 7.24. The molecule has 1 rings (SSSR count). The van der Waals surface area contributed by atoms with Crippen molar-refractivity contribution in [3.63, 3.8) is 0 Å². The van der Waals surface area contributed by atoms with Gasteiger partial charge in [-0.05, 0) is 18.2 Å². The zero-order chi connectivity index (χ0) is 11.1. The molecule has 0 spiro atoms. The van der Waals surface area contributed by atoms with Crippen molar-refractivity contribution in [2.75, 3.05) is 0 Å². The van der Waals surface area contributed by atoms with Crippen molar-refractivity contribution >= 4 is 20.2 Å². The number of rotatable bonds is 5. The topological polar surface area (TPSA) is 26.3 Å². The van der Waals surface area contributed by atoms with Crippen molar-refractivity contribution < 1.29 is 9.22 Å². The Hall–Kier alpha value is -1.09. The summed E-state index contributed by atoms with van der Waals surface area (Å²) in [4.78, 5) is 11.4. The predicted molar refractivity (Wildman–Crippen MR) is 64.7 cm³/mol. The minimum absolute atomic E-state index is 0.0418. The third-order valence-electron chi connectivity index (χ3n) is 2.31. The Morgan fingerprint density at radius 2 is 2.00 bits per heavy atom. The van der Waals surface area contributed by atoms with Crippen LogP contribution in [0.15, 0.2) is 30.3 Å². The number of hydrogen-bond donors (Lipinski definition) is 0. The summed E-state index contributed by atoms with van der Waals surface area (Å²) in [5.41, 5.74) is 0. The minimum atomic E-state index is -1.51. The lowest BCUT2D eigenvalue weighted by atomic mass is 10.3. The van der Waals surface area contributed by atoms with Gasteiger partial charge >= 0.3 is 0 Å². The van der Waals surface area contributed by atoms with Crippen molar-refractivity contribution in [1.29, 1.82) is 0 Å². The Bertz CT molecular complexity index is 298. The summed E-state index contributed by atoms with van der Waals surface area (Å²) in [5, 5.41) is 1.18. The zero-order valence-electron chi connectivity index (χ0n) is 9.40. The highest BCUT2D eigenvalue weighted by molar-refractivity contribution is 6.67. The van der Waals surface area contributed by atoms with E-state index in [1.165, 1.54) is 5.19 Å². The number of carbonyl (C=O) groups excluding carboxylic acids is 1. The normalized spacial score (nSPS) is 12.1. The summed E-state index contributed by atoms with van der Waals surface area (Å²) < 4.78 is 5.44. The first kappa shape index (κ1) is 12.0. The fourth-order valence-corrected chi connectivity index (χ4v) is 2.78. The van der Waals surface area contributed by atoms with Crippen LogP contribution in [0.4, 0.5) is 0 Å². The maximum absolute atomic E-state index is 11.4. The van der Waals surface area contributed by atoms with Gasteiger partial charge in [0.2, 0.25) is 0 Å². The fraction of sp³-hybridized carbons (Fsp3) is 0.417. The molecule has 0 amide bonds. The van der Waals surface area contributed by atoms with E-state index in [9.17, 15) is 4.79 Å². The second kappa shape index (κ2) is 6.40. The molecule has 0 radical (unpaired) electrons. The average molecular weight is 222 g/mol. The molecule has 0 saturated carbocycles. The van der Waals surface area contributed by atoms with Crippen LogP contribution < -0.4 is 5.19 Å². The molecule has 0 N–H and O–H groups in total. The van der Waals surface area contributed by atoms with Crippen molar-refractivity contribution in [2.45, 2.75) is 32.7 Å². The van der Waals surface area contributed by atoms with Gasteiger partial charge in [0.05, 0.1) is 0 Å².